The number of ketones is 1. The van der Waals surface area contributed by atoms with Crippen LogP contribution in [0.5, 0.6) is 11.5 Å². The Morgan fingerprint density at radius 1 is 1.11 bits per heavy atom. The first kappa shape index (κ1) is 21.7. The van der Waals surface area contributed by atoms with Crippen LogP contribution >= 0.6 is 23.4 Å². The summed E-state index contributed by atoms with van der Waals surface area (Å²) in [6.45, 7) is 3.05. The van der Waals surface area contributed by atoms with Crippen LogP contribution < -0.4 is 13.9 Å². The highest BCUT2D eigenvalue weighted by molar-refractivity contribution is 6.39. The van der Waals surface area contributed by atoms with Gasteiger partial charge in [0.15, 0.2) is 5.78 Å². The van der Waals surface area contributed by atoms with E-state index in [1.807, 2.05) is 6.92 Å². The lowest BCUT2D eigenvalue weighted by Crippen LogP contribution is -2.36. The van der Waals surface area contributed by atoms with Crippen molar-refractivity contribution in [2.45, 2.75) is 19.9 Å². The number of ether oxygens (including phenoxy) is 2. The number of Topliss-reactive ketones (excluding diaryl/α,β-unsaturated/α-hetero) is 1. The monoisotopic (exact) mass is 423 g/mol. The summed E-state index contributed by atoms with van der Waals surface area (Å²) in [5.41, 5.74) is 1.51. The number of anilines is 1. The third-order valence-corrected chi connectivity index (χ3v) is 4.61. The SMILES string of the molecule is COc1ccc(N(Cl)C(=O)C(N=Nc2ccc(Cl)c(C)c2)C(C)=O)c(OC)c1. The van der Waals surface area contributed by atoms with Crippen LogP contribution in [-0.4, -0.2) is 32.0 Å². The molecule has 0 fully saturated rings. The van der Waals surface area contributed by atoms with Crippen molar-refractivity contribution in [3.8, 4) is 11.5 Å². The van der Waals surface area contributed by atoms with Crippen LogP contribution in [0.2, 0.25) is 5.02 Å². The minimum Gasteiger partial charge on any atom is -0.497 e. The minimum absolute atomic E-state index is 0.249. The summed E-state index contributed by atoms with van der Waals surface area (Å²) in [5, 5.41) is 8.46. The lowest BCUT2D eigenvalue weighted by molar-refractivity contribution is -0.126. The van der Waals surface area contributed by atoms with Crippen LogP contribution in [0.1, 0.15) is 12.5 Å². The number of hydrogen-bond donors (Lipinski definition) is 0. The van der Waals surface area contributed by atoms with Gasteiger partial charge in [-0.3, -0.25) is 9.59 Å². The van der Waals surface area contributed by atoms with Gasteiger partial charge < -0.3 is 9.47 Å². The molecule has 2 rings (SSSR count). The molecule has 0 heterocycles. The van der Waals surface area contributed by atoms with Gasteiger partial charge in [-0.25, -0.2) is 4.42 Å². The number of methoxy groups -OCH3 is 2. The molecule has 0 aromatic heterocycles. The summed E-state index contributed by atoms with van der Waals surface area (Å²) in [6, 6.07) is 8.30. The predicted octanol–water partition coefficient (Wildman–Crippen LogP) is 4.89. The average molecular weight is 424 g/mol. The standard InChI is InChI=1S/C19H19Cl2N3O4/c1-11-9-13(5-7-15(11)20)22-23-18(12(2)25)19(26)24(21)16-8-6-14(27-3)10-17(16)28-4/h5-10,18H,1-4H3. The third-order valence-electron chi connectivity index (χ3n) is 3.84. The Kier molecular flexibility index (Phi) is 7.37. The number of rotatable bonds is 7. The quantitative estimate of drug-likeness (QED) is 0.360. The molecule has 0 saturated heterocycles. The number of carbonyl (C=O) groups is 2. The summed E-state index contributed by atoms with van der Waals surface area (Å²) in [7, 11) is 2.93. The van der Waals surface area contributed by atoms with E-state index in [-0.39, 0.29) is 5.69 Å². The molecule has 2 aromatic rings. The van der Waals surface area contributed by atoms with Crippen LogP contribution in [0, 0.1) is 6.92 Å². The van der Waals surface area contributed by atoms with Crippen molar-refractivity contribution in [3.63, 3.8) is 0 Å². The average Bonchev–Trinajstić information content (AvgIpc) is 2.69. The van der Waals surface area contributed by atoms with Crippen molar-refractivity contribution in [1.29, 1.82) is 0 Å². The summed E-state index contributed by atoms with van der Waals surface area (Å²) in [4.78, 5) is 24.7. The van der Waals surface area contributed by atoms with E-state index in [4.69, 9.17) is 32.9 Å². The molecule has 148 valence electrons. The van der Waals surface area contributed by atoms with Gasteiger partial charge >= 0.3 is 0 Å². The Labute approximate surface area is 173 Å². The number of carbonyl (C=O) groups excluding carboxylic acids is 2. The van der Waals surface area contributed by atoms with Gasteiger partial charge in [-0.05, 0) is 49.7 Å². The lowest BCUT2D eigenvalue weighted by atomic mass is 10.2. The highest BCUT2D eigenvalue weighted by Crippen LogP contribution is 2.34. The molecule has 1 atom stereocenters. The van der Waals surface area contributed by atoms with Crippen LogP contribution in [0.4, 0.5) is 11.4 Å². The van der Waals surface area contributed by atoms with Crippen molar-refractivity contribution in [3.05, 3.63) is 47.0 Å². The Balaban J connectivity index is 2.30. The summed E-state index contributed by atoms with van der Waals surface area (Å²) >= 11 is 12.2. The zero-order valence-corrected chi connectivity index (χ0v) is 17.3. The second-order valence-electron chi connectivity index (χ2n) is 5.82. The van der Waals surface area contributed by atoms with Crippen molar-refractivity contribution in [2.24, 2.45) is 10.2 Å². The van der Waals surface area contributed by atoms with E-state index < -0.39 is 17.7 Å². The van der Waals surface area contributed by atoms with Crippen LogP contribution in [0.15, 0.2) is 46.6 Å². The van der Waals surface area contributed by atoms with Crippen LogP contribution in [0.25, 0.3) is 0 Å². The topological polar surface area (TPSA) is 80.6 Å². The normalized spacial score (nSPS) is 11.9. The molecule has 0 bridgehead atoms. The Hall–Kier alpha value is -2.64. The fraction of sp³-hybridized carbons (Fsp3) is 0.263. The van der Waals surface area contributed by atoms with E-state index in [0.717, 1.165) is 9.98 Å². The zero-order valence-electron chi connectivity index (χ0n) is 15.8. The van der Waals surface area contributed by atoms with Gasteiger partial charge in [-0.15, -0.1) is 0 Å². The van der Waals surface area contributed by atoms with E-state index in [1.54, 1.807) is 36.4 Å². The fourth-order valence-corrected chi connectivity index (χ4v) is 2.64. The first-order chi connectivity index (χ1) is 13.3. The van der Waals surface area contributed by atoms with Gasteiger partial charge in [-0.1, -0.05) is 11.6 Å². The second kappa shape index (κ2) is 9.52. The smallest absolute Gasteiger partial charge is 0.276 e. The van der Waals surface area contributed by atoms with E-state index in [9.17, 15) is 9.59 Å². The first-order valence-electron chi connectivity index (χ1n) is 8.17. The number of azo groups is 1. The lowest BCUT2D eigenvalue weighted by Gasteiger charge is -2.19. The third kappa shape index (κ3) is 4.99. The first-order valence-corrected chi connectivity index (χ1v) is 8.89. The molecule has 0 saturated carbocycles. The highest BCUT2D eigenvalue weighted by Gasteiger charge is 2.30. The maximum atomic E-state index is 12.8. The Bertz CT molecular complexity index is 918. The molecular weight excluding hydrogens is 405 g/mol. The second-order valence-corrected chi connectivity index (χ2v) is 6.56. The maximum absolute atomic E-state index is 12.8. The summed E-state index contributed by atoms with van der Waals surface area (Å²) in [6.07, 6.45) is 0. The van der Waals surface area contributed by atoms with Crippen molar-refractivity contribution < 1.29 is 19.1 Å². The molecule has 9 heteroatoms. The molecule has 1 unspecified atom stereocenters. The molecule has 2 aromatic carbocycles. The molecule has 7 nitrogen and oxygen atoms in total. The molecule has 0 radical (unpaired) electrons. The van der Waals surface area contributed by atoms with Crippen LogP contribution in [0.3, 0.4) is 0 Å². The maximum Gasteiger partial charge on any atom is 0.276 e. The summed E-state index contributed by atoms with van der Waals surface area (Å²) < 4.78 is 11.2. The summed E-state index contributed by atoms with van der Waals surface area (Å²) in [5.74, 6) is -0.432. The van der Waals surface area contributed by atoms with Gasteiger partial charge in [-0.2, -0.15) is 10.2 Å². The van der Waals surface area contributed by atoms with Crippen molar-refractivity contribution in [1.82, 2.24) is 0 Å². The number of nitrogens with zero attached hydrogens (tertiary/aromatic N) is 3. The number of amides is 1. The van der Waals surface area contributed by atoms with Gasteiger partial charge in [0.05, 0.1) is 19.9 Å². The highest BCUT2D eigenvalue weighted by atomic mass is 35.5. The molecule has 0 aliphatic heterocycles. The molecule has 0 N–H and O–H groups in total. The Morgan fingerprint density at radius 3 is 2.39 bits per heavy atom. The van der Waals surface area contributed by atoms with E-state index in [0.29, 0.717) is 22.2 Å². The van der Waals surface area contributed by atoms with E-state index >= 15 is 0 Å². The molecular formula is C19H19Cl2N3O4. The predicted molar refractivity (Wildman–Crippen MR) is 108 cm³/mol. The van der Waals surface area contributed by atoms with E-state index in [2.05, 4.69) is 10.2 Å². The molecule has 1 amide bonds. The van der Waals surface area contributed by atoms with Crippen molar-refractivity contribution >= 4 is 46.4 Å². The fourth-order valence-electron chi connectivity index (χ4n) is 2.29. The molecule has 0 aliphatic rings. The van der Waals surface area contributed by atoms with Crippen molar-refractivity contribution in [2.75, 3.05) is 18.6 Å². The number of aryl methyl sites for hydroxylation is 1. The molecule has 28 heavy (non-hydrogen) atoms. The molecule has 0 aliphatic carbocycles. The van der Waals surface area contributed by atoms with Gasteiger partial charge in [0.25, 0.3) is 5.91 Å². The number of halogens is 2. The van der Waals surface area contributed by atoms with Gasteiger partial charge in [0.1, 0.15) is 17.2 Å². The van der Waals surface area contributed by atoms with Gasteiger partial charge in [0.2, 0.25) is 6.04 Å². The Morgan fingerprint density at radius 2 is 1.82 bits per heavy atom. The number of benzene rings is 2. The molecule has 0 spiro atoms. The van der Waals surface area contributed by atoms with Crippen LogP contribution in [-0.2, 0) is 9.59 Å². The minimum atomic E-state index is -1.40. The van der Waals surface area contributed by atoms with Gasteiger partial charge in [0, 0.05) is 22.9 Å². The number of hydrogen-bond acceptors (Lipinski definition) is 6. The largest absolute Gasteiger partial charge is 0.497 e. The van der Waals surface area contributed by atoms with E-state index in [1.165, 1.54) is 21.1 Å². The zero-order chi connectivity index (χ0) is 20.8.